The van der Waals surface area contributed by atoms with Crippen LogP contribution < -0.4 is 4.90 Å². The van der Waals surface area contributed by atoms with Crippen LogP contribution in [0.15, 0.2) is 18.3 Å². The molecule has 4 rings (SSSR count). The molecule has 0 unspecified atom stereocenters. The van der Waals surface area contributed by atoms with Crippen molar-refractivity contribution in [1.82, 2.24) is 4.98 Å². The van der Waals surface area contributed by atoms with Gasteiger partial charge in [-0.05, 0) is 48.1 Å². The van der Waals surface area contributed by atoms with E-state index in [-0.39, 0.29) is 12.1 Å². The Morgan fingerprint density at radius 3 is 2.68 bits per heavy atom. The molecule has 0 spiro atoms. The maximum absolute atomic E-state index is 12.6. The van der Waals surface area contributed by atoms with Gasteiger partial charge in [0.15, 0.2) is 0 Å². The van der Waals surface area contributed by atoms with Crippen LogP contribution in [0.1, 0.15) is 44.0 Å². The zero-order valence-corrected chi connectivity index (χ0v) is 14.2. The molecule has 1 aromatic rings. The molecule has 22 heavy (non-hydrogen) atoms. The lowest BCUT2D eigenvalue weighted by Gasteiger charge is -2.61. The Hall–Kier alpha value is -1.58. The van der Waals surface area contributed by atoms with E-state index in [0.717, 1.165) is 6.42 Å². The predicted molar refractivity (Wildman–Crippen MR) is 86.9 cm³/mol. The molecule has 0 aliphatic heterocycles. The van der Waals surface area contributed by atoms with Gasteiger partial charge in [-0.15, -0.1) is 0 Å². The SMILES string of the molecule is C[C@H]1[C@H]2C[C@H](C[C@H]1OC(=O)c1cccnc1N(C)C)C2(C)C. The zero-order chi connectivity index (χ0) is 16.1. The van der Waals surface area contributed by atoms with Crippen LogP contribution in [0.25, 0.3) is 0 Å². The second kappa shape index (κ2) is 5.25. The number of fused-ring (bicyclic) bond motifs is 2. The fourth-order valence-corrected chi connectivity index (χ4v) is 4.37. The number of pyridine rings is 1. The number of esters is 1. The van der Waals surface area contributed by atoms with Crippen LogP contribution in [0.2, 0.25) is 0 Å². The van der Waals surface area contributed by atoms with E-state index in [9.17, 15) is 4.79 Å². The van der Waals surface area contributed by atoms with Crippen molar-refractivity contribution in [2.45, 2.75) is 39.7 Å². The van der Waals surface area contributed by atoms with Crippen molar-refractivity contribution in [3.8, 4) is 0 Å². The van der Waals surface area contributed by atoms with Gasteiger partial charge < -0.3 is 9.64 Å². The summed E-state index contributed by atoms with van der Waals surface area (Å²) in [6.45, 7) is 6.94. The Morgan fingerprint density at radius 1 is 1.36 bits per heavy atom. The first-order valence-corrected chi connectivity index (χ1v) is 8.15. The Bertz CT molecular complexity index is 582. The van der Waals surface area contributed by atoms with Crippen LogP contribution in [0.4, 0.5) is 5.82 Å². The third-order valence-corrected chi connectivity index (χ3v) is 5.97. The first-order chi connectivity index (χ1) is 10.3. The van der Waals surface area contributed by atoms with E-state index in [4.69, 9.17) is 4.74 Å². The standard InChI is InChI=1S/C18H26N2O2/c1-11-14-9-12(18(14,2)3)10-15(11)22-17(21)13-7-6-8-19-16(13)20(4)5/h6-8,11-12,14-15H,9-10H2,1-5H3/t11-,12+,14+,15+/m0/s1. The van der Waals surface area contributed by atoms with Gasteiger partial charge in [0.25, 0.3) is 0 Å². The van der Waals surface area contributed by atoms with Gasteiger partial charge in [0.1, 0.15) is 17.5 Å². The van der Waals surface area contributed by atoms with Crippen LogP contribution in [0.5, 0.6) is 0 Å². The lowest BCUT2D eigenvalue weighted by molar-refractivity contribution is -0.156. The number of hydrogen-bond donors (Lipinski definition) is 0. The highest BCUT2D eigenvalue weighted by atomic mass is 16.5. The van der Waals surface area contributed by atoms with Crippen LogP contribution in [0.3, 0.4) is 0 Å². The van der Waals surface area contributed by atoms with Gasteiger partial charge in [-0.25, -0.2) is 9.78 Å². The highest BCUT2D eigenvalue weighted by molar-refractivity contribution is 5.94. The molecule has 4 nitrogen and oxygen atoms in total. The molecule has 3 aliphatic carbocycles. The van der Waals surface area contributed by atoms with E-state index >= 15 is 0 Å². The molecular formula is C18H26N2O2. The Balaban J connectivity index is 1.74. The molecule has 4 heteroatoms. The minimum Gasteiger partial charge on any atom is -0.458 e. The highest BCUT2D eigenvalue weighted by Crippen LogP contribution is 2.61. The highest BCUT2D eigenvalue weighted by Gasteiger charge is 2.57. The van der Waals surface area contributed by atoms with E-state index in [2.05, 4.69) is 25.8 Å². The largest absolute Gasteiger partial charge is 0.458 e. The summed E-state index contributed by atoms with van der Waals surface area (Å²) in [5.74, 6) is 2.22. The van der Waals surface area contributed by atoms with Gasteiger partial charge in [-0.1, -0.05) is 20.8 Å². The topological polar surface area (TPSA) is 42.4 Å². The molecule has 4 atom stereocenters. The molecule has 0 N–H and O–H groups in total. The van der Waals surface area contributed by atoms with Crippen LogP contribution >= 0.6 is 0 Å². The van der Waals surface area contributed by atoms with Crippen molar-refractivity contribution >= 4 is 11.8 Å². The fourth-order valence-electron chi connectivity index (χ4n) is 4.37. The molecule has 1 aromatic heterocycles. The predicted octanol–water partition coefficient (Wildman–Crippen LogP) is 3.38. The average molecular weight is 302 g/mol. The molecule has 3 fully saturated rings. The number of hydrogen-bond acceptors (Lipinski definition) is 4. The molecule has 3 aliphatic rings. The molecule has 0 radical (unpaired) electrons. The van der Waals surface area contributed by atoms with Crippen molar-refractivity contribution < 1.29 is 9.53 Å². The first-order valence-electron chi connectivity index (χ1n) is 8.15. The number of carbonyl (C=O) groups excluding carboxylic acids is 1. The Kier molecular flexibility index (Phi) is 3.66. The second-order valence-electron chi connectivity index (χ2n) is 7.67. The number of ether oxygens (including phenoxy) is 1. The maximum atomic E-state index is 12.6. The van der Waals surface area contributed by atoms with Crippen LogP contribution in [0, 0.1) is 23.2 Å². The first kappa shape index (κ1) is 15.3. The van der Waals surface area contributed by atoms with Gasteiger partial charge in [0.2, 0.25) is 0 Å². The summed E-state index contributed by atoms with van der Waals surface area (Å²) in [6.07, 6.45) is 4.03. The molecule has 3 saturated carbocycles. The quantitative estimate of drug-likeness (QED) is 0.803. The van der Waals surface area contributed by atoms with E-state index in [0.29, 0.717) is 34.6 Å². The maximum Gasteiger partial charge on any atom is 0.342 e. The second-order valence-corrected chi connectivity index (χ2v) is 7.67. The normalized spacial score (nSPS) is 32.0. The molecule has 0 saturated heterocycles. The summed E-state index contributed by atoms with van der Waals surface area (Å²) in [4.78, 5) is 18.7. The van der Waals surface area contributed by atoms with E-state index in [1.807, 2.05) is 19.0 Å². The monoisotopic (exact) mass is 302 g/mol. The molecule has 120 valence electrons. The summed E-state index contributed by atoms with van der Waals surface area (Å²) in [6, 6.07) is 3.58. The number of aromatic nitrogens is 1. The average Bonchev–Trinajstić information content (AvgIpc) is 2.48. The fraction of sp³-hybridized carbons (Fsp3) is 0.667. The minimum absolute atomic E-state index is 0.0412. The lowest BCUT2D eigenvalue weighted by Crippen LogP contribution is -2.57. The van der Waals surface area contributed by atoms with Crippen LogP contribution in [-0.4, -0.2) is 31.2 Å². The third kappa shape index (κ3) is 2.29. The van der Waals surface area contributed by atoms with Crippen molar-refractivity contribution in [3.63, 3.8) is 0 Å². The molecule has 2 bridgehead atoms. The molecule has 1 heterocycles. The summed E-state index contributed by atoms with van der Waals surface area (Å²) in [5, 5.41) is 0. The van der Waals surface area contributed by atoms with Crippen molar-refractivity contribution in [3.05, 3.63) is 23.9 Å². The Labute approximate surface area is 132 Å². The van der Waals surface area contributed by atoms with Gasteiger partial charge in [0.05, 0.1) is 0 Å². The summed E-state index contributed by atoms with van der Waals surface area (Å²) >= 11 is 0. The van der Waals surface area contributed by atoms with Gasteiger partial charge in [-0.3, -0.25) is 0 Å². The summed E-state index contributed by atoms with van der Waals surface area (Å²) in [5.41, 5.74) is 0.962. The van der Waals surface area contributed by atoms with Crippen molar-refractivity contribution in [2.75, 3.05) is 19.0 Å². The number of anilines is 1. The van der Waals surface area contributed by atoms with Gasteiger partial charge >= 0.3 is 5.97 Å². The number of carbonyl (C=O) groups is 1. The van der Waals surface area contributed by atoms with Crippen molar-refractivity contribution in [1.29, 1.82) is 0 Å². The smallest absolute Gasteiger partial charge is 0.342 e. The summed E-state index contributed by atoms with van der Waals surface area (Å²) in [7, 11) is 3.78. The molecule has 0 aromatic carbocycles. The van der Waals surface area contributed by atoms with E-state index < -0.39 is 0 Å². The van der Waals surface area contributed by atoms with Gasteiger partial charge in [-0.2, -0.15) is 0 Å². The van der Waals surface area contributed by atoms with Crippen molar-refractivity contribution in [2.24, 2.45) is 23.2 Å². The zero-order valence-electron chi connectivity index (χ0n) is 14.2. The van der Waals surface area contributed by atoms with Gasteiger partial charge in [0, 0.05) is 20.3 Å². The van der Waals surface area contributed by atoms with E-state index in [1.54, 1.807) is 18.3 Å². The number of nitrogens with zero attached hydrogens (tertiary/aromatic N) is 2. The molecular weight excluding hydrogens is 276 g/mol. The van der Waals surface area contributed by atoms with E-state index in [1.165, 1.54) is 6.42 Å². The third-order valence-electron chi connectivity index (χ3n) is 5.97. The number of rotatable bonds is 3. The summed E-state index contributed by atoms with van der Waals surface area (Å²) < 4.78 is 5.87. The minimum atomic E-state index is -0.243. The molecule has 0 amide bonds. The Morgan fingerprint density at radius 2 is 2.09 bits per heavy atom. The van der Waals surface area contributed by atoms with Crippen LogP contribution in [-0.2, 0) is 4.74 Å². The lowest BCUT2D eigenvalue weighted by atomic mass is 9.45.